The molecule has 0 aliphatic heterocycles. The Bertz CT molecular complexity index is 340. The first-order chi connectivity index (χ1) is 11.1. The van der Waals surface area contributed by atoms with Gasteiger partial charge in [-0.1, -0.05) is 57.6 Å². The van der Waals surface area contributed by atoms with Gasteiger partial charge in [0, 0.05) is 19.5 Å². The Balaban J connectivity index is 4.02. The van der Waals surface area contributed by atoms with Crippen LogP contribution in [0.1, 0.15) is 84.5 Å². The molecule has 0 heterocycles. The summed E-state index contributed by atoms with van der Waals surface area (Å²) in [4.78, 5) is 24.7. The minimum Gasteiger partial charge on any atom is -0.481 e. The molecular formula is C19H35NO3. The van der Waals surface area contributed by atoms with Crippen molar-refractivity contribution < 1.29 is 14.7 Å². The summed E-state index contributed by atoms with van der Waals surface area (Å²) < 4.78 is 0. The number of carboxylic acid groups (broad SMARTS) is 1. The monoisotopic (exact) mass is 325 g/mol. The molecule has 4 heteroatoms. The van der Waals surface area contributed by atoms with Crippen molar-refractivity contribution in [2.75, 3.05) is 13.1 Å². The van der Waals surface area contributed by atoms with Gasteiger partial charge in [0.1, 0.15) is 0 Å². The minimum absolute atomic E-state index is 0.0388. The van der Waals surface area contributed by atoms with Crippen LogP contribution in [0.5, 0.6) is 0 Å². The number of allylic oxidation sites excluding steroid dienone is 2. The molecule has 134 valence electrons. The number of hydrogen-bond donors (Lipinski definition) is 1. The number of carboxylic acids is 1. The van der Waals surface area contributed by atoms with Gasteiger partial charge < -0.3 is 10.0 Å². The van der Waals surface area contributed by atoms with Crippen LogP contribution >= 0.6 is 0 Å². The topological polar surface area (TPSA) is 57.6 Å². The van der Waals surface area contributed by atoms with Gasteiger partial charge in [-0.25, -0.2) is 0 Å². The molecule has 0 aromatic carbocycles. The molecule has 0 aromatic rings. The summed E-state index contributed by atoms with van der Waals surface area (Å²) in [5.74, 6) is -0.738. The highest BCUT2D eigenvalue weighted by molar-refractivity contribution is 5.77. The Morgan fingerprint density at radius 2 is 1.57 bits per heavy atom. The standard InChI is InChI=1S/C19H35NO3/c1-3-5-7-9-10-11-13-16-20(17-15-19(22)23)18(21)14-12-8-6-4-2/h4,6H,3,5,7-17H2,1-2H3,(H,22,23)/b6-4+. The minimum atomic E-state index is -0.837. The van der Waals surface area contributed by atoms with E-state index in [2.05, 4.69) is 13.0 Å². The maximum absolute atomic E-state index is 12.2. The molecule has 1 amide bonds. The number of hydrogen-bond acceptors (Lipinski definition) is 2. The second kappa shape index (κ2) is 15.6. The largest absolute Gasteiger partial charge is 0.481 e. The lowest BCUT2D eigenvalue weighted by atomic mass is 10.1. The second-order valence-electron chi connectivity index (χ2n) is 6.11. The zero-order chi connectivity index (χ0) is 17.3. The molecule has 0 spiro atoms. The SMILES string of the molecule is C/C=C/CCCC(=O)N(CCCCCCCCC)CCC(=O)O. The molecule has 0 fully saturated rings. The highest BCUT2D eigenvalue weighted by atomic mass is 16.4. The van der Waals surface area contributed by atoms with Crippen LogP contribution in [0.25, 0.3) is 0 Å². The first kappa shape index (κ1) is 21.7. The third-order valence-corrected chi connectivity index (χ3v) is 3.98. The van der Waals surface area contributed by atoms with E-state index in [1.165, 1.54) is 32.1 Å². The molecule has 0 saturated carbocycles. The summed E-state index contributed by atoms with van der Waals surface area (Å²) in [5, 5.41) is 8.84. The first-order valence-corrected chi connectivity index (χ1v) is 9.22. The number of unbranched alkanes of at least 4 members (excludes halogenated alkanes) is 7. The van der Waals surface area contributed by atoms with Crippen molar-refractivity contribution in [3.63, 3.8) is 0 Å². The first-order valence-electron chi connectivity index (χ1n) is 9.22. The number of rotatable bonds is 15. The maximum atomic E-state index is 12.2. The lowest BCUT2D eigenvalue weighted by molar-refractivity contribution is -0.138. The lowest BCUT2D eigenvalue weighted by Crippen LogP contribution is -2.33. The molecular weight excluding hydrogens is 290 g/mol. The molecule has 0 rings (SSSR count). The zero-order valence-corrected chi connectivity index (χ0v) is 15.1. The van der Waals surface area contributed by atoms with Crippen molar-refractivity contribution in [2.24, 2.45) is 0 Å². The molecule has 0 saturated heterocycles. The van der Waals surface area contributed by atoms with E-state index in [0.29, 0.717) is 19.5 Å². The van der Waals surface area contributed by atoms with E-state index < -0.39 is 5.97 Å². The van der Waals surface area contributed by atoms with Gasteiger partial charge in [0.25, 0.3) is 0 Å². The molecule has 0 aliphatic carbocycles. The number of carbonyl (C=O) groups excluding carboxylic acids is 1. The zero-order valence-electron chi connectivity index (χ0n) is 15.1. The molecule has 0 aliphatic rings. The van der Waals surface area contributed by atoms with Gasteiger partial charge in [0.15, 0.2) is 0 Å². The van der Waals surface area contributed by atoms with Crippen LogP contribution in [0.2, 0.25) is 0 Å². The summed E-state index contributed by atoms with van der Waals surface area (Å²) in [6.45, 7) is 5.22. The summed E-state index contributed by atoms with van der Waals surface area (Å²) >= 11 is 0. The number of carbonyl (C=O) groups is 2. The van der Waals surface area contributed by atoms with Crippen molar-refractivity contribution in [1.29, 1.82) is 0 Å². The van der Waals surface area contributed by atoms with Gasteiger partial charge in [-0.3, -0.25) is 9.59 Å². The maximum Gasteiger partial charge on any atom is 0.305 e. The van der Waals surface area contributed by atoms with Crippen LogP contribution in [0.4, 0.5) is 0 Å². The van der Waals surface area contributed by atoms with E-state index >= 15 is 0 Å². The molecule has 4 nitrogen and oxygen atoms in total. The van der Waals surface area contributed by atoms with Crippen LogP contribution in [-0.2, 0) is 9.59 Å². The fraction of sp³-hybridized carbons (Fsp3) is 0.789. The number of nitrogens with zero attached hydrogens (tertiary/aromatic N) is 1. The highest BCUT2D eigenvalue weighted by Crippen LogP contribution is 2.09. The molecule has 23 heavy (non-hydrogen) atoms. The molecule has 0 radical (unpaired) electrons. The third kappa shape index (κ3) is 14.0. The Morgan fingerprint density at radius 3 is 2.17 bits per heavy atom. The van der Waals surface area contributed by atoms with Crippen molar-refractivity contribution in [1.82, 2.24) is 4.90 Å². The molecule has 1 N–H and O–H groups in total. The summed E-state index contributed by atoms with van der Waals surface area (Å²) in [6.07, 6.45) is 14.8. The normalized spacial score (nSPS) is 11.0. The lowest BCUT2D eigenvalue weighted by Gasteiger charge is -2.22. The van der Waals surface area contributed by atoms with Crippen molar-refractivity contribution in [3.05, 3.63) is 12.2 Å². The Kier molecular flexibility index (Phi) is 14.7. The van der Waals surface area contributed by atoms with Crippen LogP contribution in [0.3, 0.4) is 0 Å². The van der Waals surface area contributed by atoms with Crippen LogP contribution < -0.4 is 0 Å². The number of amides is 1. The van der Waals surface area contributed by atoms with Crippen LogP contribution in [-0.4, -0.2) is 35.0 Å². The van der Waals surface area contributed by atoms with E-state index in [-0.39, 0.29) is 12.3 Å². The van der Waals surface area contributed by atoms with Gasteiger partial charge in [0.2, 0.25) is 5.91 Å². The van der Waals surface area contributed by atoms with E-state index in [1.807, 2.05) is 13.0 Å². The Hall–Kier alpha value is -1.32. The molecule has 0 bridgehead atoms. The van der Waals surface area contributed by atoms with Gasteiger partial charge in [0.05, 0.1) is 6.42 Å². The van der Waals surface area contributed by atoms with Gasteiger partial charge >= 0.3 is 5.97 Å². The summed E-state index contributed by atoms with van der Waals surface area (Å²) in [6, 6.07) is 0. The predicted octanol–water partition coefficient (Wildman–Crippen LogP) is 4.79. The Morgan fingerprint density at radius 1 is 0.913 bits per heavy atom. The number of aliphatic carboxylic acids is 1. The second-order valence-corrected chi connectivity index (χ2v) is 6.11. The van der Waals surface area contributed by atoms with E-state index in [0.717, 1.165) is 25.7 Å². The average Bonchev–Trinajstić information content (AvgIpc) is 2.53. The summed E-state index contributed by atoms with van der Waals surface area (Å²) in [5.41, 5.74) is 0. The predicted molar refractivity (Wildman–Crippen MR) is 95.5 cm³/mol. The van der Waals surface area contributed by atoms with Crippen molar-refractivity contribution in [3.8, 4) is 0 Å². The smallest absolute Gasteiger partial charge is 0.305 e. The van der Waals surface area contributed by atoms with Crippen molar-refractivity contribution in [2.45, 2.75) is 84.5 Å². The van der Waals surface area contributed by atoms with Crippen LogP contribution in [0, 0.1) is 0 Å². The van der Waals surface area contributed by atoms with E-state index in [9.17, 15) is 9.59 Å². The Labute approximate surface area is 141 Å². The van der Waals surface area contributed by atoms with Gasteiger partial charge in [-0.2, -0.15) is 0 Å². The molecule has 0 unspecified atom stereocenters. The average molecular weight is 325 g/mol. The van der Waals surface area contributed by atoms with Crippen LogP contribution in [0.15, 0.2) is 12.2 Å². The van der Waals surface area contributed by atoms with Gasteiger partial charge in [-0.15, -0.1) is 0 Å². The van der Waals surface area contributed by atoms with E-state index in [4.69, 9.17) is 5.11 Å². The quantitative estimate of drug-likeness (QED) is 0.348. The van der Waals surface area contributed by atoms with Crippen molar-refractivity contribution >= 4 is 11.9 Å². The van der Waals surface area contributed by atoms with Gasteiger partial charge in [-0.05, 0) is 26.2 Å². The fourth-order valence-corrected chi connectivity index (χ4v) is 2.55. The fourth-order valence-electron chi connectivity index (χ4n) is 2.55. The summed E-state index contributed by atoms with van der Waals surface area (Å²) in [7, 11) is 0. The highest BCUT2D eigenvalue weighted by Gasteiger charge is 2.13. The van der Waals surface area contributed by atoms with E-state index in [1.54, 1.807) is 4.90 Å². The third-order valence-electron chi connectivity index (χ3n) is 3.98. The molecule has 0 aromatic heterocycles. The molecule has 0 atom stereocenters.